The molecular formula is C80H109N9O15. The minimum absolute atomic E-state index is 0.0311. The van der Waals surface area contributed by atoms with Crippen LogP contribution in [0.1, 0.15) is 180 Å². The van der Waals surface area contributed by atoms with E-state index in [2.05, 4.69) is 20.8 Å². The summed E-state index contributed by atoms with van der Waals surface area (Å²) in [5.74, 6) is -4.84. The van der Waals surface area contributed by atoms with E-state index < -0.39 is 78.1 Å². The van der Waals surface area contributed by atoms with E-state index in [-0.39, 0.29) is 141 Å². The van der Waals surface area contributed by atoms with Crippen molar-refractivity contribution in [2.24, 2.45) is 47.2 Å². The van der Waals surface area contributed by atoms with Crippen LogP contribution in [0.4, 0.5) is 9.59 Å². The maximum absolute atomic E-state index is 15.1. The fraction of sp³-hybridized carbons (Fsp3) is 0.588. The van der Waals surface area contributed by atoms with Crippen LogP contribution in [0, 0.1) is 41.4 Å². The van der Waals surface area contributed by atoms with E-state index in [9.17, 15) is 47.9 Å². The lowest BCUT2D eigenvalue weighted by atomic mass is 9.83. The van der Waals surface area contributed by atoms with Crippen molar-refractivity contribution in [3.63, 3.8) is 0 Å². The molecule has 104 heavy (non-hydrogen) atoms. The Bertz CT molecular complexity index is 3600. The Morgan fingerprint density at radius 1 is 0.731 bits per heavy atom. The average Bonchev–Trinajstić information content (AvgIpc) is 1.60. The van der Waals surface area contributed by atoms with Crippen LogP contribution >= 0.6 is 0 Å². The predicted octanol–water partition coefficient (Wildman–Crippen LogP) is 10.1. The van der Waals surface area contributed by atoms with Gasteiger partial charge in [-0.1, -0.05) is 134 Å². The number of imide groups is 1. The quantitative estimate of drug-likeness (QED) is 0.0274. The van der Waals surface area contributed by atoms with Crippen molar-refractivity contribution in [2.45, 2.75) is 219 Å². The Balaban J connectivity index is 0.856. The van der Waals surface area contributed by atoms with Crippen LogP contribution in [-0.4, -0.2) is 178 Å². The summed E-state index contributed by atoms with van der Waals surface area (Å²) in [6, 6.07) is 22.6. The number of likely N-dealkylation sites (tertiary alicyclic amines) is 2. The SMILES string of the molecule is CC[C@H](C)[C@@H]([C@@H](CC(=O)N1CCC[C@H]1[C@H](OC)[C@@H](C)C(=O)C[C@@H](Cc1ccccc1)c1nnc(-c2ccccc2)o1)OC)N(C)C(=O)[C@@H](CC(=O)[C@@H]1[C@H]2CC[C@H](C2)N1C(=O)OCc1ccc(CC(=O)[C@H](CCCNC(N)=O)NC(=O)[C@@H](CC(=O)CCCCCN2C(=O)C=CC2=O)C(C)C)cc1)C(C)C. The van der Waals surface area contributed by atoms with Gasteiger partial charge >= 0.3 is 12.1 Å². The number of ether oxygens (including phenoxy) is 3. The van der Waals surface area contributed by atoms with Gasteiger partial charge in [-0.15, -0.1) is 10.2 Å². The molecule has 4 aliphatic rings. The van der Waals surface area contributed by atoms with Gasteiger partial charge in [-0.25, -0.2) is 9.59 Å². The highest BCUT2D eigenvalue weighted by Crippen LogP contribution is 2.45. The molecule has 2 bridgehead atoms. The molecule has 4 N–H and O–H groups in total. The van der Waals surface area contributed by atoms with Crippen molar-refractivity contribution in [3.05, 3.63) is 120 Å². The molecule has 24 nitrogen and oxygen atoms in total. The number of methoxy groups -OCH3 is 2. The van der Waals surface area contributed by atoms with Crippen LogP contribution in [0.15, 0.2) is 101 Å². The molecule has 8 rings (SSSR count). The fourth-order valence-corrected chi connectivity index (χ4v) is 15.7. The number of ketones is 4. The minimum atomic E-state index is -0.951. The molecule has 0 spiro atoms. The van der Waals surface area contributed by atoms with Crippen molar-refractivity contribution in [2.75, 3.05) is 40.9 Å². The Morgan fingerprint density at radius 3 is 2.05 bits per heavy atom. The second-order valence-corrected chi connectivity index (χ2v) is 29.6. The van der Waals surface area contributed by atoms with E-state index in [0.29, 0.717) is 93.7 Å². The third-order valence-corrected chi connectivity index (χ3v) is 21.9. The van der Waals surface area contributed by atoms with Gasteiger partial charge in [-0.05, 0) is 117 Å². The smallest absolute Gasteiger partial charge is 0.410 e. The van der Waals surface area contributed by atoms with Gasteiger partial charge in [-0.3, -0.25) is 53.0 Å². The standard InChI is InChI=1S/C80H109N9O15/c1-11-51(6)72(68(101-9)47-71(96)87-40-22-29-64(87)74(102-10)52(7)65(91)44-58(41-53-23-15-12-16-24-53)77-85-84-76(104-77)56-25-17-13-18-26-56)86(8)78(98)62(50(4)5)46-67(93)73-57-34-35-59(43-57)89(73)80(100)103-48-55-32-30-54(31-33-55)42-66(92)63(28-21-38-82-79(81)99)83-75(97)61(49(2)3)45-60(90)27-19-14-20-39-88-69(94)36-37-70(88)95/h12-13,15-18,23-26,30-33,36-37,49-52,57-59,61-64,68,72-74H,11,14,19-22,27-29,34-35,38-48H2,1-10H3,(H,83,97)(H3,81,82,99)/t51-,52-,57-,58+,59+,61-,62-,63-,64-,68+,72-,73-,74+/m0/s1. The molecule has 3 aliphatic heterocycles. The second-order valence-electron chi connectivity index (χ2n) is 29.6. The van der Waals surface area contributed by atoms with Gasteiger partial charge in [0.2, 0.25) is 29.5 Å². The number of likely N-dealkylation sites (N-methyl/N-ethyl adjacent to an activating group) is 1. The molecule has 13 atom stereocenters. The third kappa shape index (κ3) is 21.5. The Morgan fingerprint density at radius 2 is 1.40 bits per heavy atom. The van der Waals surface area contributed by atoms with Crippen molar-refractivity contribution in [3.8, 4) is 11.5 Å². The number of piperidine rings is 1. The molecule has 564 valence electrons. The van der Waals surface area contributed by atoms with Crippen LogP contribution in [0.3, 0.4) is 0 Å². The summed E-state index contributed by atoms with van der Waals surface area (Å²) in [7, 11) is 4.84. The summed E-state index contributed by atoms with van der Waals surface area (Å²) in [4.78, 5) is 156. The second kappa shape index (κ2) is 38.8. The van der Waals surface area contributed by atoms with E-state index in [1.54, 1.807) is 55.3 Å². The maximum atomic E-state index is 15.1. The van der Waals surface area contributed by atoms with Crippen LogP contribution in [0.2, 0.25) is 0 Å². The first kappa shape index (κ1) is 80.9. The van der Waals surface area contributed by atoms with Gasteiger partial charge in [-0.2, -0.15) is 0 Å². The van der Waals surface area contributed by atoms with E-state index >= 15 is 4.79 Å². The van der Waals surface area contributed by atoms with Crippen LogP contribution in [0.25, 0.3) is 11.5 Å². The number of benzene rings is 3. The zero-order chi connectivity index (χ0) is 75.3. The lowest BCUT2D eigenvalue weighted by molar-refractivity contribution is -0.149. The minimum Gasteiger partial charge on any atom is -0.445 e. The Hall–Kier alpha value is -8.77. The zero-order valence-corrected chi connectivity index (χ0v) is 62.3. The Labute approximate surface area is 612 Å². The predicted molar refractivity (Wildman–Crippen MR) is 389 cm³/mol. The normalized spacial score (nSPS) is 19.7. The van der Waals surface area contributed by atoms with Gasteiger partial charge in [0.25, 0.3) is 11.8 Å². The topological polar surface area (TPSA) is 317 Å². The lowest BCUT2D eigenvalue weighted by Gasteiger charge is -2.41. The zero-order valence-electron chi connectivity index (χ0n) is 62.3. The van der Waals surface area contributed by atoms with Gasteiger partial charge in [0.1, 0.15) is 18.2 Å². The number of carbonyl (C=O) groups is 11. The summed E-state index contributed by atoms with van der Waals surface area (Å²) in [6.45, 7) is 14.2. The monoisotopic (exact) mass is 1440 g/mol. The van der Waals surface area contributed by atoms with Crippen molar-refractivity contribution in [1.82, 2.24) is 40.4 Å². The molecule has 1 aliphatic carbocycles. The number of urea groups is 1. The first-order chi connectivity index (χ1) is 49.8. The highest BCUT2D eigenvalue weighted by atomic mass is 16.6. The summed E-state index contributed by atoms with van der Waals surface area (Å²) < 4.78 is 24.6. The highest BCUT2D eigenvalue weighted by Gasteiger charge is 2.53. The van der Waals surface area contributed by atoms with E-state index in [1.165, 1.54) is 12.2 Å². The summed E-state index contributed by atoms with van der Waals surface area (Å²) in [5.41, 5.74) is 8.33. The van der Waals surface area contributed by atoms with Crippen molar-refractivity contribution < 1.29 is 71.4 Å². The number of hydrogen-bond acceptors (Lipinski definition) is 17. The number of unbranched alkanes of at least 4 members (excludes halogenated alkanes) is 2. The highest BCUT2D eigenvalue weighted by molar-refractivity contribution is 6.12. The number of Topliss-reactive ketones (excluding diaryl/α,β-unsaturated/α-hetero) is 4. The number of hydrogen-bond donors (Lipinski definition) is 3. The lowest BCUT2D eigenvalue weighted by Crippen LogP contribution is -2.54. The third-order valence-electron chi connectivity index (χ3n) is 21.9. The van der Waals surface area contributed by atoms with E-state index in [4.69, 9.17) is 24.4 Å². The number of amides is 8. The van der Waals surface area contributed by atoms with Crippen molar-refractivity contribution in [1.29, 1.82) is 0 Å². The number of nitrogens with zero attached hydrogens (tertiary/aromatic N) is 6. The van der Waals surface area contributed by atoms with Gasteiger partial charge in [0.05, 0.1) is 42.8 Å². The fourth-order valence-electron chi connectivity index (χ4n) is 15.7. The summed E-state index contributed by atoms with van der Waals surface area (Å²) in [6.07, 6.45) is 7.26. The molecule has 0 radical (unpaired) electrons. The molecule has 3 fully saturated rings. The molecule has 3 aromatic carbocycles. The number of carbonyl (C=O) groups excluding carboxylic acids is 11. The molecular weight excluding hydrogens is 1330 g/mol. The van der Waals surface area contributed by atoms with Crippen LogP contribution < -0.4 is 16.4 Å². The molecule has 0 unspecified atom stereocenters. The molecule has 4 heterocycles. The molecule has 1 saturated carbocycles. The first-order valence-electron chi connectivity index (χ1n) is 37.4. The van der Waals surface area contributed by atoms with Gasteiger partial charge < -0.3 is 44.8 Å². The van der Waals surface area contributed by atoms with E-state index in [0.717, 1.165) is 22.4 Å². The maximum Gasteiger partial charge on any atom is 0.410 e. The number of aromatic nitrogens is 2. The largest absolute Gasteiger partial charge is 0.445 e. The number of nitrogens with two attached hydrogens (primary N) is 1. The van der Waals surface area contributed by atoms with E-state index in [1.807, 2.05) is 114 Å². The number of primary amides is 1. The number of fused-ring (bicyclic) bond motifs is 2. The van der Waals surface area contributed by atoms with Crippen LogP contribution in [-0.2, 0) is 76.8 Å². The van der Waals surface area contributed by atoms with Crippen molar-refractivity contribution >= 4 is 64.8 Å². The Kier molecular flexibility index (Phi) is 30.2. The van der Waals surface area contributed by atoms with Gasteiger partial charge in [0.15, 0.2) is 11.6 Å². The molecule has 24 heteroatoms. The van der Waals surface area contributed by atoms with Gasteiger partial charge in [0, 0.05) is 120 Å². The summed E-state index contributed by atoms with van der Waals surface area (Å²) in [5, 5.41) is 14.2. The molecule has 4 aromatic rings. The first-order valence-corrected chi connectivity index (χ1v) is 37.4. The number of nitrogens with one attached hydrogen (secondary N) is 2. The van der Waals surface area contributed by atoms with Crippen LogP contribution in [0.5, 0.6) is 0 Å². The molecule has 2 saturated heterocycles. The number of rotatable bonds is 42. The molecule has 1 aromatic heterocycles. The average molecular weight is 1440 g/mol. The molecule has 8 amide bonds. The summed E-state index contributed by atoms with van der Waals surface area (Å²) >= 11 is 0.